The highest BCUT2D eigenvalue weighted by atomic mass is 35.5. The highest BCUT2D eigenvalue weighted by Crippen LogP contribution is 2.42. The summed E-state index contributed by atoms with van der Waals surface area (Å²) in [4.78, 5) is 0. The van der Waals surface area contributed by atoms with Crippen molar-refractivity contribution in [3.8, 4) is 16.9 Å². The molecule has 3 rings (SSSR count). The molecular formula is C16H12ClNO. The van der Waals surface area contributed by atoms with Gasteiger partial charge in [-0.1, -0.05) is 54.1 Å². The van der Waals surface area contributed by atoms with E-state index in [9.17, 15) is 5.11 Å². The first-order valence-electron chi connectivity index (χ1n) is 5.93. The zero-order chi connectivity index (χ0) is 13.4. The summed E-state index contributed by atoms with van der Waals surface area (Å²) in [6, 6.07) is 17.2. The van der Waals surface area contributed by atoms with Gasteiger partial charge in [-0.3, -0.25) is 0 Å². The number of nitrogens with two attached hydrogens (primary N) is 1. The third-order valence-electron chi connectivity index (χ3n) is 3.22. The van der Waals surface area contributed by atoms with E-state index in [-0.39, 0.29) is 5.75 Å². The van der Waals surface area contributed by atoms with E-state index in [0.29, 0.717) is 16.3 Å². The van der Waals surface area contributed by atoms with Gasteiger partial charge in [-0.25, -0.2) is 0 Å². The predicted molar refractivity (Wildman–Crippen MR) is 80.5 cm³/mol. The molecule has 19 heavy (non-hydrogen) atoms. The van der Waals surface area contributed by atoms with Crippen LogP contribution in [-0.4, -0.2) is 5.11 Å². The Balaban J connectivity index is 2.40. The molecule has 94 valence electrons. The van der Waals surface area contributed by atoms with E-state index in [0.717, 1.165) is 16.3 Å². The number of hydrogen-bond donors (Lipinski definition) is 2. The van der Waals surface area contributed by atoms with Crippen molar-refractivity contribution < 1.29 is 5.11 Å². The molecule has 0 fully saturated rings. The second-order valence-corrected chi connectivity index (χ2v) is 4.79. The van der Waals surface area contributed by atoms with Gasteiger partial charge < -0.3 is 10.8 Å². The lowest BCUT2D eigenvalue weighted by Crippen LogP contribution is -1.90. The van der Waals surface area contributed by atoms with E-state index in [4.69, 9.17) is 17.3 Å². The van der Waals surface area contributed by atoms with Crippen molar-refractivity contribution in [3.05, 3.63) is 59.6 Å². The summed E-state index contributed by atoms with van der Waals surface area (Å²) in [7, 11) is 0. The number of phenolic OH excluding ortho intramolecular Hbond substituents is 1. The summed E-state index contributed by atoms with van der Waals surface area (Å²) in [6.07, 6.45) is 0. The van der Waals surface area contributed by atoms with E-state index < -0.39 is 0 Å². The summed E-state index contributed by atoms with van der Waals surface area (Å²) >= 11 is 6.22. The number of phenols is 1. The molecule has 0 unspecified atom stereocenters. The molecule has 0 saturated heterocycles. The number of fused-ring (bicyclic) bond motifs is 1. The maximum atomic E-state index is 10.2. The monoisotopic (exact) mass is 269 g/mol. The van der Waals surface area contributed by atoms with Crippen LogP contribution in [0.5, 0.6) is 5.75 Å². The molecule has 0 atom stereocenters. The van der Waals surface area contributed by atoms with Crippen LogP contribution in [0.1, 0.15) is 0 Å². The average molecular weight is 270 g/mol. The van der Waals surface area contributed by atoms with Crippen LogP contribution in [0.15, 0.2) is 54.6 Å². The largest absolute Gasteiger partial charge is 0.505 e. The lowest BCUT2D eigenvalue weighted by molar-refractivity contribution is 0.480. The lowest BCUT2D eigenvalue weighted by atomic mass is 9.97. The second kappa shape index (κ2) is 4.48. The van der Waals surface area contributed by atoms with Crippen LogP contribution in [0, 0.1) is 0 Å². The topological polar surface area (TPSA) is 46.2 Å². The van der Waals surface area contributed by atoms with Gasteiger partial charge in [0.1, 0.15) is 5.75 Å². The molecule has 0 heterocycles. The van der Waals surface area contributed by atoms with Gasteiger partial charge in [0.05, 0.1) is 10.7 Å². The predicted octanol–water partition coefficient (Wildman–Crippen LogP) is 4.45. The maximum Gasteiger partial charge on any atom is 0.147 e. The number of anilines is 1. The average Bonchev–Trinajstić information content (AvgIpc) is 2.44. The van der Waals surface area contributed by atoms with Crippen molar-refractivity contribution in [2.75, 3.05) is 5.73 Å². The summed E-state index contributed by atoms with van der Waals surface area (Å²) in [5.41, 5.74) is 7.55. The van der Waals surface area contributed by atoms with Gasteiger partial charge in [-0.2, -0.15) is 0 Å². The molecular weight excluding hydrogens is 258 g/mol. The minimum Gasteiger partial charge on any atom is -0.505 e. The maximum absolute atomic E-state index is 10.2. The Morgan fingerprint density at radius 1 is 0.895 bits per heavy atom. The molecule has 0 aromatic heterocycles. The van der Waals surface area contributed by atoms with E-state index in [1.807, 2.05) is 42.5 Å². The van der Waals surface area contributed by atoms with Crippen molar-refractivity contribution >= 4 is 28.1 Å². The highest BCUT2D eigenvalue weighted by molar-refractivity contribution is 6.34. The van der Waals surface area contributed by atoms with Gasteiger partial charge in [0.2, 0.25) is 0 Å². The fourth-order valence-corrected chi connectivity index (χ4v) is 2.54. The Hall–Kier alpha value is -2.19. The van der Waals surface area contributed by atoms with E-state index in [2.05, 4.69) is 0 Å². The molecule has 0 aliphatic carbocycles. The van der Waals surface area contributed by atoms with Gasteiger partial charge in [0.25, 0.3) is 0 Å². The van der Waals surface area contributed by atoms with Crippen LogP contribution in [0.2, 0.25) is 5.02 Å². The minimum absolute atomic E-state index is 0.0313. The van der Waals surface area contributed by atoms with Crippen LogP contribution in [-0.2, 0) is 0 Å². The zero-order valence-corrected chi connectivity index (χ0v) is 10.9. The van der Waals surface area contributed by atoms with E-state index >= 15 is 0 Å². The van der Waals surface area contributed by atoms with Crippen molar-refractivity contribution in [1.82, 2.24) is 0 Å². The van der Waals surface area contributed by atoms with Crippen molar-refractivity contribution in [2.24, 2.45) is 0 Å². The van der Waals surface area contributed by atoms with Crippen LogP contribution in [0.25, 0.3) is 21.9 Å². The summed E-state index contributed by atoms with van der Waals surface area (Å²) < 4.78 is 0. The SMILES string of the molecule is Nc1ccc(Cl)c(-c2cccc3ccccc23)c1O. The Morgan fingerprint density at radius 2 is 1.63 bits per heavy atom. The molecule has 0 radical (unpaired) electrons. The van der Waals surface area contributed by atoms with E-state index in [1.54, 1.807) is 12.1 Å². The smallest absolute Gasteiger partial charge is 0.147 e. The fourth-order valence-electron chi connectivity index (χ4n) is 2.28. The molecule has 0 saturated carbocycles. The molecule has 0 amide bonds. The van der Waals surface area contributed by atoms with Crippen LogP contribution in [0.4, 0.5) is 5.69 Å². The summed E-state index contributed by atoms with van der Waals surface area (Å²) in [5, 5.41) is 12.8. The van der Waals surface area contributed by atoms with Crippen molar-refractivity contribution in [1.29, 1.82) is 0 Å². The minimum atomic E-state index is 0.0313. The summed E-state index contributed by atoms with van der Waals surface area (Å²) in [5.74, 6) is 0.0313. The molecule has 3 aromatic rings. The van der Waals surface area contributed by atoms with Crippen LogP contribution in [0.3, 0.4) is 0 Å². The first-order chi connectivity index (χ1) is 9.18. The molecule has 0 aliphatic heterocycles. The normalized spacial score (nSPS) is 10.8. The molecule has 0 spiro atoms. The lowest BCUT2D eigenvalue weighted by Gasteiger charge is -2.12. The molecule has 2 nitrogen and oxygen atoms in total. The third-order valence-corrected chi connectivity index (χ3v) is 3.53. The number of benzene rings is 3. The fraction of sp³-hybridized carbons (Fsp3) is 0. The Morgan fingerprint density at radius 3 is 2.47 bits per heavy atom. The van der Waals surface area contributed by atoms with E-state index in [1.165, 1.54) is 0 Å². The van der Waals surface area contributed by atoms with Crippen molar-refractivity contribution in [3.63, 3.8) is 0 Å². The number of rotatable bonds is 1. The first kappa shape index (κ1) is 11.9. The summed E-state index contributed by atoms with van der Waals surface area (Å²) in [6.45, 7) is 0. The molecule has 0 bridgehead atoms. The molecule has 3 aromatic carbocycles. The molecule has 3 heteroatoms. The van der Waals surface area contributed by atoms with Crippen LogP contribution >= 0.6 is 11.6 Å². The van der Waals surface area contributed by atoms with Crippen molar-refractivity contribution in [2.45, 2.75) is 0 Å². The quantitative estimate of drug-likeness (QED) is 0.506. The number of nitrogen functional groups attached to an aromatic ring is 1. The third kappa shape index (κ3) is 1.90. The van der Waals surface area contributed by atoms with Gasteiger partial charge in [0, 0.05) is 5.56 Å². The van der Waals surface area contributed by atoms with Gasteiger partial charge in [0.15, 0.2) is 0 Å². The number of aromatic hydroxyl groups is 1. The number of hydrogen-bond acceptors (Lipinski definition) is 2. The first-order valence-corrected chi connectivity index (χ1v) is 6.31. The van der Waals surface area contributed by atoms with Gasteiger partial charge >= 0.3 is 0 Å². The zero-order valence-electron chi connectivity index (χ0n) is 10.1. The highest BCUT2D eigenvalue weighted by Gasteiger charge is 2.14. The molecule has 3 N–H and O–H groups in total. The van der Waals surface area contributed by atoms with Crippen LogP contribution < -0.4 is 5.73 Å². The molecule has 0 aliphatic rings. The Kier molecular flexibility index (Phi) is 2.80. The van der Waals surface area contributed by atoms with Gasteiger partial charge in [-0.15, -0.1) is 0 Å². The second-order valence-electron chi connectivity index (χ2n) is 4.39. The van der Waals surface area contributed by atoms with Gasteiger partial charge in [-0.05, 0) is 28.5 Å². The number of halogens is 1. The standard InChI is InChI=1S/C16H12ClNO/c17-13-8-9-14(18)16(19)15(13)12-7-3-5-10-4-1-2-6-11(10)12/h1-9,19H,18H2. The Bertz CT molecular complexity index is 763. The Labute approximate surface area is 116 Å².